The zero-order valence-corrected chi connectivity index (χ0v) is 18.2. The normalized spacial score (nSPS) is 25.8. The van der Waals surface area contributed by atoms with Gasteiger partial charge in [-0.1, -0.05) is 32.6 Å². The van der Waals surface area contributed by atoms with Gasteiger partial charge in [0.15, 0.2) is 5.82 Å². The van der Waals surface area contributed by atoms with Crippen molar-refractivity contribution in [3.63, 3.8) is 0 Å². The van der Waals surface area contributed by atoms with Gasteiger partial charge in [0.05, 0.1) is 18.7 Å². The number of tetrazole rings is 1. The second-order valence-corrected chi connectivity index (χ2v) is 8.52. The lowest BCUT2D eigenvalue weighted by molar-refractivity contribution is 0.0585. The minimum absolute atomic E-state index is 0. The highest BCUT2D eigenvalue weighted by Gasteiger charge is 2.32. The van der Waals surface area contributed by atoms with E-state index < -0.39 is 0 Å². The Morgan fingerprint density at radius 2 is 1.86 bits per heavy atom. The summed E-state index contributed by atoms with van der Waals surface area (Å²) in [5.74, 6) is 1.05. The van der Waals surface area contributed by atoms with Crippen molar-refractivity contribution in [1.82, 2.24) is 30.0 Å². The summed E-state index contributed by atoms with van der Waals surface area (Å²) in [6, 6.07) is 1.18. The summed E-state index contributed by atoms with van der Waals surface area (Å²) in [5, 5.41) is 12.8. The first kappa shape index (κ1) is 21.9. The molecule has 7 nitrogen and oxygen atoms in total. The molecule has 0 N–H and O–H groups in total. The van der Waals surface area contributed by atoms with E-state index in [1.165, 1.54) is 51.6 Å². The Bertz CT molecular complexity index is 565. The van der Waals surface area contributed by atoms with Crippen LogP contribution in [0.1, 0.15) is 76.6 Å². The van der Waals surface area contributed by atoms with Crippen molar-refractivity contribution in [2.24, 2.45) is 0 Å². The van der Waals surface area contributed by atoms with E-state index in [1.54, 1.807) is 0 Å². The lowest BCUT2D eigenvalue weighted by Crippen LogP contribution is -2.50. The Balaban J connectivity index is 0.00000225. The number of unbranched alkanes of at least 4 members (excludes halogenated alkanes) is 1. The molecular weight excluding hydrogens is 376 g/mol. The number of piperazine rings is 1. The van der Waals surface area contributed by atoms with E-state index >= 15 is 0 Å². The predicted octanol–water partition coefficient (Wildman–Crippen LogP) is 3.07. The molecule has 3 heterocycles. The lowest BCUT2D eigenvalue weighted by atomic mass is 10.1. The Morgan fingerprint density at radius 1 is 1.07 bits per heavy atom. The van der Waals surface area contributed by atoms with Crippen LogP contribution in [0.5, 0.6) is 0 Å². The van der Waals surface area contributed by atoms with Gasteiger partial charge in [-0.2, -0.15) is 0 Å². The Labute approximate surface area is 175 Å². The van der Waals surface area contributed by atoms with Gasteiger partial charge in [0, 0.05) is 38.8 Å². The maximum atomic E-state index is 5.82. The van der Waals surface area contributed by atoms with E-state index in [2.05, 4.69) is 32.2 Å². The van der Waals surface area contributed by atoms with Crippen molar-refractivity contribution in [3.8, 4) is 0 Å². The first-order chi connectivity index (χ1) is 13.3. The topological polar surface area (TPSA) is 59.3 Å². The average Bonchev–Trinajstić information content (AvgIpc) is 3.47. The van der Waals surface area contributed by atoms with Crippen LogP contribution in [-0.2, 0) is 11.3 Å². The summed E-state index contributed by atoms with van der Waals surface area (Å²) in [4.78, 5) is 5.37. The summed E-state index contributed by atoms with van der Waals surface area (Å²) in [5.41, 5.74) is 0. The molecule has 0 aromatic carbocycles. The fourth-order valence-electron chi connectivity index (χ4n) is 5.12. The van der Waals surface area contributed by atoms with Crippen LogP contribution in [0.25, 0.3) is 0 Å². The molecule has 1 aliphatic carbocycles. The Hall–Kier alpha value is -0.760. The van der Waals surface area contributed by atoms with Gasteiger partial charge in [0.2, 0.25) is 0 Å². The van der Waals surface area contributed by atoms with Crippen LogP contribution < -0.4 is 0 Å². The minimum atomic E-state index is 0. The number of rotatable bonds is 8. The first-order valence-electron chi connectivity index (χ1n) is 11.2. The third-order valence-corrected chi connectivity index (χ3v) is 6.72. The number of hydrogen-bond acceptors (Lipinski definition) is 6. The predicted molar refractivity (Wildman–Crippen MR) is 112 cm³/mol. The van der Waals surface area contributed by atoms with Crippen LogP contribution in [0, 0.1) is 0 Å². The fourth-order valence-corrected chi connectivity index (χ4v) is 5.12. The highest BCUT2D eigenvalue weighted by Crippen LogP contribution is 2.29. The highest BCUT2D eigenvalue weighted by molar-refractivity contribution is 5.85. The number of nitrogens with zero attached hydrogens (tertiary/aromatic N) is 6. The highest BCUT2D eigenvalue weighted by atomic mass is 35.5. The third kappa shape index (κ3) is 5.23. The fraction of sp³-hybridized carbons (Fsp3) is 0.950. The largest absolute Gasteiger partial charge is 0.376 e. The number of aromatic nitrogens is 4. The molecule has 1 aromatic rings. The SMILES string of the molecule is CCCCC(c1nnnn1CC1CCCO1)N1CCN(C2CCCC2)CC1.Cl. The molecule has 2 unspecified atom stereocenters. The maximum absolute atomic E-state index is 5.82. The van der Waals surface area contributed by atoms with Crippen LogP contribution in [-0.4, -0.2) is 74.9 Å². The van der Waals surface area contributed by atoms with Gasteiger partial charge in [-0.25, -0.2) is 4.68 Å². The zero-order valence-electron chi connectivity index (χ0n) is 17.3. The van der Waals surface area contributed by atoms with Gasteiger partial charge >= 0.3 is 0 Å². The van der Waals surface area contributed by atoms with Crippen LogP contribution in [0.15, 0.2) is 0 Å². The minimum Gasteiger partial charge on any atom is -0.376 e. The molecule has 28 heavy (non-hydrogen) atoms. The van der Waals surface area contributed by atoms with Gasteiger partial charge in [-0.15, -0.1) is 17.5 Å². The summed E-state index contributed by atoms with van der Waals surface area (Å²) < 4.78 is 7.85. The van der Waals surface area contributed by atoms with Gasteiger partial charge < -0.3 is 4.74 Å². The van der Waals surface area contributed by atoms with Crippen molar-refractivity contribution in [1.29, 1.82) is 0 Å². The van der Waals surface area contributed by atoms with Gasteiger partial charge in [0.1, 0.15) is 0 Å². The summed E-state index contributed by atoms with van der Waals surface area (Å²) >= 11 is 0. The molecule has 3 aliphatic rings. The van der Waals surface area contributed by atoms with Gasteiger partial charge in [-0.05, 0) is 42.5 Å². The summed E-state index contributed by atoms with van der Waals surface area (Å²) in [7, 11) is 0. The number of halogens is 1. The molecule has 3 fully saturated rings. The van der Waals surface area contributed by atoms with E-state index in [-0.39, 0.29) is 18.5 Å². The van der Waals surface area contributed by atoms with Crippen LogP contribution in [0.4, 0.5) is 0 Å². The smallest absolute Gasteiger partial charge is 0.168 e. The monoisotopic (exact) mass is 412 g/mol. The number of hydrogen-bond donors (Lipinski definition) is 0. The molecule has 2 saturated heterocycles. The molecule has 0 amide bonds. The molecule has 0 radical (unpaired) electrons. The average molecular weight is 413 g/mol. The van der Waals surface area contributed by atoms with E-state index in [4.69, 9.17) is 4.74 Å². The van der Waals surface area contributed by atoms with Crippen molar-refractivity contribution in [2.75, 3.05) is 32.8 Å². The summed E-state index contributed by atoms with van der Waals surface area (Å²) in [6.07, 6.45) is 11.8. The van der Waals surface area contributed by atoms with E-state index in [0.29, 0.717) is 6.04 Å². The second-order valence-electron chi connectivity index (χ2n) is 8.52. The van der Waals surface area contributed by atoms with Crippen LogP contribution >= 0.6 is 12.4 Å². The van der Waals surface area contributed by atoms with E-state index in [1.807, 2.05) is 4.68 Å². The molecule has 1 aromatic heterocycles. The molecule has 0 spiro atoms. The quantitative estimate of drug-likeness (QED) is 0.654. The van der Waals surface area contributed by atoms with Crippen molar-refractivity contribution in [2.45, 2.75) is 89.4 Å². The molecule has 1 saturated carbocycles. The third-order valence-electron chi connectivity index (χ3n) is 6.72. The Morgan fingerprint density at radius 3 is 2.54 bits per heavy atom. The molecule has 160 valence electrons. The van der Waals surface area contributed by atoms with Crippen molar-refractivity contribution < 1.29 is 4.74 Å². The van der Waals surface area contributed by atoms with Crippen LogP contribution in [0.2, 0.25) is 0 Å². The zero-order chi connectivity index (χ0) is 18.5. The van der Waals surface area contributed by atoms with Gasteiger partial charge in [-0.3, -0.25) is 9.80 Å². The lowest BCUT2D eigenvalue weighted by Gasteiger charge is -2.41. The summed E-state index contributed by atoms with van der Waals surface area (Å²) in [6.45, 7) is 8.61. The molecule has 4 rings (SSSR count). The van der Waals surface area contributed by atoms with E-state index in [9.17, 15) is 0 Å². The van der Waals surface area contributed by atoms with Gasteiger partial charge in [0.25, 0.3) is 0 Å². The van der Waals surface area contributed by atoms with Crippen molar-refractivity contribution in [3.05, 3.63) is 5.82 Å². The molecule has 2 aliphatic heterocycles. The molecule has 2 atom stereocenters. The molecule has 8 heteroatoms. The first-order valence-corrected chi connectivity index (χ1v) is 11.2. The molecular formula is C20H37ClN6O. The standard InChI is InChI=1S/C20H36N6O.ClH/c1-2-3-10-19(20-21-22-23-26(20)16-18-9-6-15-27-18)25-13-11-24(12-14-25)17-7-4-5-8-17;/h17-19H,2-16H2,1H3;1H. The van der Waals surface area contributed by atoms with Crippen molar-refractivity contribution >= 4 is 12.4 Å². The van der Waals surface area contributed by atoms with E-state index in [0.717, 1.165) is 57.4 Å². The Kier molecular flexibility index (Phi) is 8.51. The maximum Gasteiger partial charge on any atom is 0.168 e. The second kappa shape index (κ2) is 10.9. The molecule has 0 bridgehead atoms. The van der Waals surface area contributed by atoms with Crippen LogP contribution in [0.3, 0.4) is 0 Å². The number of ether oxygens (including phenoxy) is 1.